The zero-order chi connectivity index (χ0) is 19.6. The molecular weight excluding hydrogens is 359 g/mol. The number of halogens is 1. The van der Waals surface area contributed by atoms with Crippen LogP contribution in [0.25, 0.3) is 0 Å². The van der Waals surface area contributed by atoms with Crippen LogP contribution in [0.5, 0.6) is 0 Å². The van der Waals surface area contributed by atoms with Crippen LogP contribution >= 0.6 is 0 Å². The fourth-order valence-corrected chi connectivity index (χ4v) is 8.81. The summed E-state index contributed by atoms with van der Waals surface area (Å²) in [5, 5.41) is 0. The van der Waals surface area contributed by atoms with Crippen molar-refractivity contribution < 1.29 is 4.39 Å². The van der Waals surface area contributed by atoms with Crippen LogP contribution in [0.15, 0.2) is 36.4 Å². The maximum Gasteiger partial charge on any atom is 0.123 e. The minimum Gasteiger partial charge on any atom is -0.207 e. The predicted molar refractivity (Wildman–Crippen MR) is 122 cm³/mol. The first-order valence-electron chi connectivity index (χ1n) is 11.7. The molecule has 0 bridgehead atoms. The van der Waals surface area contributed by atoms with E-state index in [1.54, 1.807) is 43.1 Å². The average molecular weight is 397 g/mol. The molecule has 1 aliphatic heterocycles. The normalized spacial score (nSPS) is 28.1. The van der Waals surface area contributed by atoms with Crippen LogP contribution < -0.4 is 0 Å². The molecule has 1 aliphatic carbocycles. The molecule has 0 nitrogen and oxygen atoms in total. The summed E-state index contributed by atoms with van der Waals surface area (Å²) in [7, 11) is -0.358. The zero-order valence-corrected chi connectivity index (χ0v) is 18.8. The quantitative estimate of drug-likeness (QED) is 0.267. The summed E-state index contributed by atoms with van der Waals surface area (Å²) in [6, 6.07) is 11.3. The lowest BCUT2D eigenvalue weighted by molar-refractivity contribution is 0.208. The summed E-state index contributed by atoms with van der Waals surface area (Å²) in [6.45, 7) is 2.32. The highest BCUT2D eigenvalue weighted by molar-refractivity contribution is 6.58. The number of unbranched alkanes of at least 4 members (excludes halogenated alkanes) is 2. The summed E-state index contributed by atoms with van der Waals surface area (Å²) in [5.41, 5.74) is 0.878. The van der Waals surface area contributed by atoms with Gasteiger partial charge < -0.3 is 0 Å². The van der Waals surface area contributed by atoms with Crippen molar-refractivity contribution in [3.8, 4) is 11.8 Å². The van der Waals surface area contributed by atoms with Gasteiger partial charge in [-0.25, -0.2) is 4.39 Å². The zero-order valence-electron chi connectivity index (χ0n) is 17.6. The van der Waals surface area contributed by atoms with E-state index in [1.165, 1.54) is 57.1 Å². The largest absolute Gasteiger partial charge is 0.207 e. The molecule has 0 radical (unpaired) electrons. The molecule has 0 atom stereocenters. The summed E-state index contributed by atoms with van der Waals surface area (Å²) in [4.78, 5) is 0. The molecule has 1 aromatic carbocycles. The SMILES string of the molecule is CCCCC[SiH]1CCC(C2CCC(C=CC#Cc3ccc(F)cc3)CC2)CC1. The van der Waals surface area contributed by atoms with Gasteiger partial charge in [-0.15, -0.1) is 0 Å². The topological polar surface area (TPSA) is 0 Å². The Hall–Kier alpha value is -1.33. The van der Waals surface area contributed by atoms with Crippen LogP contribution in [-0.4, -0.2) is 8.80 Å². The summed E-state index contributed by atoms with van der Waals surface area (Å²) in [5.74, 6) is 8.76. The summed E-state index contributed by atoms with van der Waals surface area (Å²) >= 11 is 0. The van der Waals surface area contributed by atoms with Gasteiger partial charge in [0.2, 0.25) is 0 Å². The van der Waals surface area contributed by atoms with Crippen molar-refractivity contribution in [1.29, 1.82) is 0 Å². The molecule has 0 unspecified atom stereocenters. The Balaban J connectivity index is 1.35. The van der Waals surface area contributed by atoms with Crippen molar-refractivity contribution in [3.05, 3.63) is 47.8 Å². The van der Waals surface area contributed by atoms with Crippen molar-refractivity contribution >= 4 is 8.80 Å². The Morgan fingerprint density at radius 1 is 0.964 bits per heavy atom. The van der Waals surface area contributed by atoms with Gasteiger partial charge in [-0.2, -0.15) is 0 Å². The van der Waals surface area contributed by atoms with E-state index >= 15 is 0 Å². The van der Waals surface area contributed by atoms with Gasteiger partial charge in [0, 0.05) is 14.4 Å². The van der Waals surface area contributed by atoms with E-state index in [2.05, 4.69) is 24.8 Å². The second-order valence-corrected chi connectivity index (χ2v) is 12.6. The van der Waals surface area contributed by atoms with E-state index in [-0.39, 0.29) is 14.6 Å². The standard InChI is InChI=1S/C26H37FSi/c1-2-3-6-19-28-20-17-25(18-21-28)24-13-9-22(10-14-24)7-4-5-8-23-11-15-26(27)16-12-23/h4,7,11-12,15-16,22,24-25,28H,2-3,6,9-10,13-14,17-21H2,1H3. The minimum absolute atomic E-state index is 0.204. The van der Waals surface area contributed by atoms with Crippen LogP contribution in [-0.2, 0) is 0 Å². The van der Waals surface area contributed by atoms with Crippen molar-refractivity contribution in [3.63, 3.8) is 0 Å². The van der Waals surface area contributed by atoms with Crippen LogP contribution in [0.3, 0.4) is 0 Å². The second-order valence-electron chi connectivity index (χ2n) is 9.09. The molecular formula is C26H37FSi. The highest BCUT2D eigenvalue weighted by Gasteiger charge is 2.30. The molecule has 1 heterocycles. The highest BCUT2D eigenvalue weighted by atomic mass is 28.3. The molecule has 2 aliphatic rings. The van der Waals surface area contributed by atoms with Crippen molar-refractivity contribution in [2.24, 2.45) is 17.8 Å². The third-order valence-electron chi connectivity index (χ3n) is 7.10. The number of benzene rings is 1. The third kappa shape index (κ3) is 6.93. The Morgan fingerprint density at radius 2 is 1.64 bits per heavy atom. The lowest BCUT2D eigenvalue weighted by Crippen LogP contribution is -2.28. The van der Waals surface area contributed by atoms with E-state index in [0.29, 0.717) is 5.92 Å². The molecule has 0 N–H and O–H groups in total. The number of hydrogen-bond donors (Lipinski definition) is 0. The van der Waals surface area contributed by atoms with E-state index < -0.39 is 0 Å². The number of rotatable bonds is 6. The summed E-state index contributed by atoms with van der Waals surface area (Å²) < 4.78 is 12.9. The van der Waals surface area contributed by atoms with E-state index in [9.17, 15) is 4.39 Å². The van der Waals surface area contributed by atoms with Gasteiger partial charge in [-0.1, -0.05) is 75.1 Å². The lowest BCUT2D eigenvalue weighted by Gasteiger charge is -2.37. The molecule has 1 saturated carbocycles. The maximum absolute atomic E-state index is 12.9. The molecule has 1 saturated heterocycles. The van der Waals surface area contributed by atoms with Crippen LogP contribution in [0, 0.1) is 35.4 Å². The molecule has 0 aromatic heterocycles. The highest BCUT2D eigenvalue weighted by Crippen LogP contribution is 2.41. The Bertz CT molecular complexity index is 650. The fourth-order valence-electron chi connectivity index (χ4n) is 5.28. The lowest BCUT2D eigenvalue weighted by atomic mass is 9.74. The molecule has 2 heteroatoms. The fraction of sp³-hybridized carbons (Fsp3) is 0.615. The van der Waals surface area contributed by atoms with Crippen LogP contribution in [0.1, 0.15) is 70.3 Å². The maximum atomic E-state index is 12.9. The molecule has 0 amide bonds. The first-order valence-corrected chi connectivity index (χ1v) is 14.1. The molecule has 152 valence electrons. The summed E-state index contributed by atoms with van der Waals surface area (Å²) in [6.07, 6.45) is 17.3. The first kappa shape index (κ1) is 21.4. The molecule has 0 spiro atoms. The van der Waals surface area contributed by atoms with E-state index in [4.69, 9.17) is 0 Å². The molecule has 2 fully saturated rings. The van der Waals surface area contributed by atoms with Crippen LogP contribution in [0.4, 0.5) is 4.39 Å². The number of hydrogen-bond acceptors (Lipinski definition) is 0. The van der Waals surface area contributed by atoms with Gasteiger partial charge in [0.1, 0.15) is 5.82 Å². The first-order chi connectivity index (χ1) is 13.7. The van der Waals surface area contributed by atoms with Gasteiger partial charge in [0.25, 0.3) is 0 Å². The van der Waals surface area contributed by atoms with Gasteiger partial charge in [-0.05, 0) is 73.8 Å². The number of allylic oxidation sites excluding steroid dienone is 2. The van der Waals surface area contributed by atoms with Gasteiger partial charge >= 0.3 is 0 Å². The average Bonchev–Trinajstić information content (AvgIpc) is 2.74. The Kier molecular flexibility index (Phi) is 8.87. The van der Waals surface area contributed by atoms with Gasteiger partial charge in [-0.3, -0.25) is 0 Å². The predicted octanol–water partition coefficient (Wildman–Crippen LogP) is 7.37. The van der Waals surface area contributed by atoms with Gasteiger partial charge in [0.05, 0.1) is 0 Å². The Morgan fingerprint density at radius 3 is 2.32 bits per heavy atom. The van der Waals surface area contributed by atoms with Gasteiger partial charge in [0.15, 0.2) is 0 Å². The Labute approximate surface area is 173 Å². The van der Waals surface area contributed by atoms with E-state index in [1.807, 2.05) is 6.08 Å². The molecule has 1 aromatic rings. The second kappa shape index (κ2) is 11.6. The van der Waals surface area contributed by atoms with Crippen LogP contribution in [0.2, 0.25) is 18.1 Å². The van der Waals surface area contributed by atoms with Crippen molar-refractivity contribution in [2.75, 3.05) is 0 Å². The van der Waals surface area contributed by atoms with Crippen molar-refractivity contribution in [1.82, 2.24) is 0 Å². The third-order valence-corrected chi connectivity index (χ3v) is 10.6. The monoisotopic (exact) mass is 396 g/mol. The minimum atomic E-state index is -0.358. The molecule has 28 heavy (non-hydrogen) atoms. The van der Waals surface area contributed by atoms with E-state index in [0.717, 1.165) is 17.4 Å². The molecule has 3 rings (SSSR count). The smallest absolute Gasteiger partial charge is 0.123 e. The van der Waals surface area contributed by atoms with Crippen molar-refractivity contribution in [2.45, 2.75) is 82.8 Å².